The van der Waals surface area contributed by atoms with E-state index in [4.69, 9.17) is 4.74 Å². The first-order valence-electron chi connectivity index (χ1n) is 9.05. The Labute approximate surface area is 149 Å². The minimum absolute atomic E-state index is 0.0177. The fourth-order valence-corrected chi connectivity index (χ4v) is 3.68. The van der Waals surface area contributed by atoms with Crippen LogP contribution >= 0.6 is 0 Å². The summed E-state index contributed by atoms with van der Waals surface area (Å²) in [5.41, 5.74) is 1.16. The Morgan fingerprint density at radius 3 is 2.92 bits per heavy atom. The zero-order valence-electron chi connectivity index (χ0n) is 15.0. The summed E-state index contributed by atoms with van der Waals surface area (Å²) in [6.45, 7) is 5.78. The average Bonchev–Trinajstić information content (AvgIpc) is 3.26. The highest BCUT2D eigenvalue weighted by Gasteiger charge is 2.33. The highest BCUT2D eigenvalue weighted by molar-refractivity contribution is 5.89. The van der Waals surface area contributed by atoms with Crippen LogP contribution in [0.2, 0.25) is 0 Å². The number of carbonyl (C=O) groups excluding carboxylic acids is 2. The summed E-state index contributed by atoms with van der Waals surface area (Å²) in [4.78, 5) is 28.2. The molecule has 2 aliphatic heterocycles. The van der Waals surface area contributed by atoms with Gasteiger partial charge in [0.25, 0.3) is 0 Å². The summed E-state index contributed by atoms with van der Waals surface area (Å²) >= 11 is 0. The number of methoxy groups -OCH3 is 1. The van der Waals surface area contributed by atoms with Crippen molar-refractivity contribution in [2.45, 2.75) is 19.8 Å². The van der Waals surface area contributed by atoms with E-state index in [1.165, 1.54) is 0 Å². The maximum absolute atomic E-state index is 12.3. The number of ether oxygens (including phenoxy) is 1. The number of nitrogens with one attached hydrogen (secondary N) is 1. The molecule has 0 saturated carbocycles. The largest absolute Gasteiger partial charge is 0.497 e. The summed E-state index contributed by atoms with van der Waals surface area (Å²) in [5.74, 6) is 1.22. The average molecular weight is 345 g/mol. The predicted octanol–water partition coefficient (Wildman–Crippen LogP) is 1.51. The van der Waals surface area contributed by atoms with Crippen molar-refractivity contribution in [3.8, 4) is 5.75 Å². The summed E-state index contributed by atoms with van der Waals surface area (Å²) in [5, 5.41) is 3.06. The standard InChI is InChI=1S/C19H27N3O3/c1-3-21-13-15(9-18(21)23)19(24)20-11-14-7-8-22(12-14)16-5-4-6-17(10-16)25-2/h4-6,10,14-15H,3,7-9,11-13H2,1-2H3,(H,20,24)/t14-,15+/m1/s1. The van der Waals surface area contributed by atoms with E-state index in [0.29, 0.717) is 32.0 Å². The third-order valence-corrected chi connectivity index (χ3v) is 5.24. The van der Waals surface area contributed by atoms with E-state index in [-0.39, 0.29) is 17.7 Å². The summed E-state index contributed by atoms with van der Waals surface area (Å²) in [6, 6.07) is 8.08. The van der Waals surface area contributed by atoms with Crippen LogP contribution in [0.5, 0.6) is 5.75 Å². The summed E-state index contributed by atoms with van der Waals surface area (Å²) in [7, 11) is 1.68. The molecule has 2 amide bonds. The normalized spacial score (nSPS) is 23.2. The van der Waals surface area contributed by atoms with Gasteiger partial charge >= 0.3 is 0 Å². The third-order valence-electron chi connectivity index (χ3n) is 5.24. The van der Waals surface area contributed by atoms with Crippen LogP contribution in [0.1, 0.15) is 19.8 Å². The molecule has 2 aliphatic rings. The van der Waals surface area contributed by atoms with Crippen LogP contribution in [0.15, 0.2) is 24.3 Å². The molecular formula is C19H27N3O3. The van der Waals surface area contributed by atoms with Crippen molar-refractivity contribution in [2.24, 2.45) is 11.8 Å². The quantitative estimate of drug-likeness (QED) is 0.849. The van der Waals surface area contributed by atoms with E-state index < -0.39 is 0 Å². The Morgan fingerprint density at radius 2 is 2.20 bits per heavy atom. The first-order valence-corrected chi connectivity index (χ1v) is 9.05. The van der Waals surface area contributed by atoms with Crippen LogP contribution in [0.25, 0.3) is 0 Å². The second-order valence-corrected chi connectivity index (χ2v) is 6.88. The number of likely N-dealkylation sites (tertiary alicyclic amines) is 1. The fourth-order valence-electron chi connectivity index (χ4n) is 3.68. The number of carbonyl (C=O) groups is 2. The van der Waals surface area contributed by atoms with Gasteiger partial charge in [0.1, 0.15) is 5.75 Å². The maximum Gasteiger partial charge on any atom is 0.225 e. The lowest BCUT2D eigenvalue weighted by Gasteiger charge is -2.20. The molecule has 1 N–H and O–H groups in total. The first-order chi connectivity index (χ1) is 12.1. The predicted molar refractivity (Wildman–Crippen MR) is 96.7 cm³/mol. The van der Waals surface area contributed by atoms with Crippen molar-refractivity contribution in [2.75, 3.05) is 44.7 Å². The molecular weight excluding hydrogens is 318 g/mol. The number of amides is 2. The van der Waals surface area contributed by atoms with E-state index in [1.807, 2.05) is 25.1 Å². The van der Waals surface area contributed by atoms with Gasteiger partial charge in [-0.2, -0.15) is 0 Å². The molecule has 2 fully saturated rings. The number of nitrogens with zero attached hydrogens (tertiary/aromatic N) is 2. The molecule has 2 heterocycles. The molecule has 0 bridgehead atoms. The van der Waals surface area contributed by atoms with Gasteiger partial charge in [-0.05, 0) is 31.4 Å². The summed E-state index contributed by atoms with van der Waals surface area (Å²) in [6.07, 6.45) is 1.41. The van der Waals surface area contributed by atoms with Gasteiger partial charge in [-0.25, -0.2) is 0 Å². The van der Waals surface area contributed by atoms with E-state index in [1.54, 1.807) is 12.0 Å². The van der Waals surface area contributed by atoms with Crippen molar-refractivity contribution in [3.63, 3.8) is 0 Å². The van der Waals surface area contributed by atoms with Gasteiger partial charge in [0.05, 0.1) is 13.0 Å². The highest BCUT2D eigenvalue weighted by atomic mass is 16.5. The van der Waals surface area contributed by atoms with Crippen LogP contribution in [-0.4, -0.2) is 56.5 Å². The van der Waals surface area contributed by atoms with Crippen molar-refractivity contribution in [1.29, 1.82) is 0 Å². The lowest BCUT2D eigenvalue weighted by molar-refractivity contribution is -0.128. The Balaban J connectivity index is 1.47. The molecule has 3 rings (SSSR count). The van der Waals surface area contributed by atoms with Gasteiger partial charge in [0.2, 0.25) is 11.8 Å². The van der Waals surface area contributed by atoms with E-state index in [0.717, 1.165) is 30.9 Å². The lowest BCUT2D eigenvalue weighted by atomic mass is 10.1. The Morgan fingerprint density at radius 1 is 1.36 bits per heavy atom. The molecule has 0 aliphatic carbocycles. The van der Waals surface area contributed by atoms with Gasteiger partial charge in [0.15, 0.2) is 0 Å². The number of hydrogen-bond acceptors (Lipinski definition) is 4. The molecule has 25 heavy (non-hydrogen) atoms. The summed E-state index contributed by atoms with van der Waals surface area (Å²) < 4.78 is 5.29. The van der Waals surface area contributed by atoms with Crippen LogP contribution in [-0.2, 0) is 9.59 Å². The van der Waals surface area contributed by atoms with Crippen molar-refractivity contribution in [1.82, 2.24) is 10.2 Å². The molecule has 0 spiro atoms. The van der Waals surface area contributed by atoms with Gasteiger partial charge in [0, 0.05) is 50.9 Å². The van der Waals surface area contributed by atoms with Crippen LogP contribution in [0.4, 0.5) is 5.69 Å². The van der Waals surface area contributed by atoms with Crippen LogP contribution in [0, 0.1) is 11.8 Å². The second-order valence-electron chi connectivity index (χ2n) is 6.88. The molecule has 0 unspecified atom stereocenters. The van der Waals surface area contributed by atoms with Crippen LogP contribution < -0.4 is 15.0 Å². The molecule has 1 aromatic carbocycles. The van der Waals surface area contributed by atoms with Gasteiger partial charge in [-0.3, -0.25) is 9.59 Å². The molecule has 136 valence electrons. The minimum atomic E-state index is -0.191. The van der Waals surface area contributed by atoms with E-state index in [9.17, 15) is 9.59 Å². The highest BCUT2D eigenvalue weighted by Crippen LogP contribution is 2.26. The van der Waals surface area contributed by atoms with Crippen LogP contribution in [0.3, 0.4) is 0 Å². The monoisotopic (exact) mass is 345 g/mol. The van der Waals surface area contributed by atoms with Crippen molar-refractivity contribution >= 4 is 17.5 Å². The smallest absolute Gasteiger partial charge is 0.225 e. The van der Waals surface area contributed by atoms with E-state index in [2.05, 4.69) is 16.3 Å². The third kappa shape index (κ3) is 4.06. The second kappa shape index (κ2) is 7.76. The van der Waals surface area contributed by atoms with Gasteiger partial charge in [-0.15, -0.1) is 0 Å². The number of anilines is 1. The number of rotatable bonds is 6. The Hall–Kier alpha value is -2.24. The van der Waals surface area contributed by atoms with E-state index >= 15 is 0 Å². The molecule has 2 atom stereocenters. The SMILES string of the molecule is CCN1C[C@@H](C(=O)NC[C@H]2CCN(c3cccc(OC)c3)C2)CC1=O. The minimum Gasteiger partial charge on any atom is -0.497 e. The fraction of sp³-hybridized carbons (Fsp3) is 0.579. The Bertz CT molecular complexity index is 634. The van der Waals surface area contributed by atoms with Gasteiger partial charge in [-0.1, -0.05) is 6.07 Å². The van der Waals surface area contributed by atoms with Gasteiger partial charge < -0.3 is 19.9 Å². The molecule has 1 aromatic rings. The number of benzene rings is 1. The molecule has 0 aromatic heterocycles. The molecule has 2 saturated heterocycles. The molecule has 6 nitrogen and oxygen atoms in total. The Kier molecular flexibility index (Phi) is 5.46. The number of hydrogen-bond donors (Lipinski definition) is 1. The zero-order chi connectivity index (χ0) is 17.8. The topological polar surface area (TPSA) is 61.9 Å². The first kappa shape index (κ1) is 17.6. The lowest BCUT2D eigenvalue weighted by Crippen LogP contribution is -2.36. The van der Waals surface area contributed by atoms with Crippen molar-refractivity contribution < 1.29 is 14.3 Å². The zero-order valence-corrected chi connectivity index (χ0v) is 15.0. The maximum atomic E-state index is 12.3. The van der Waals surface area contributed by atoms with Crippen molar-refractivity contribution in [3.05, 3.63) is 24.3 Å². The molecule has 0 radical (unpaired) electrons. The molecule has 6 heteroatoms.